The number of fused-ring (bicyclic) bond motifs is 1. The lowest BCUT2D eigenvalue weighted by Gasteiger charge is -2.31. The van der Waals surface area contributed by atoms with Crippen LogP contribution in [0.4, 0.5) is 11.5 Å². The van der Waals surface area contributed by atoms with Gasteiger partial charge in [0.05, 0.1) is 31.8 Å². The number of nitrogen functional groups attached to an aromatic ring is 1. The van der Waals surface area contributed by atoms with E-state index in [1.165, 1.54) is 18.5 Å². The number of hydroxylamine groups is 1. The number of imidazole rings is 1. The van der Waals surface area contributed by atoms with Crippen molar-refractivity contribution in [2.24, 2.45) is 17.3 Å². The molecule has 2 heterocycles. The molecule has 0 fully saturated rings. The van der Waals surface area contributed by atoms with Crippen molar-refractivity contribution in [3.05, 3.63) is 55.1 Å². The normalized spacial score (nSPS) is 19.7. The first-order chi connectivity index (χ1) is 17.7. The first-order valence-corrected chi connectivity index (χ1v) is 13.6. The third-order valence-corrected chi connectivity index (χ3v) is 6.98. The van der Waals surface area contributed by atoms with Crippen molar-refractivity contribution in [1.29, 1.82) is 0 Å². The van der Waals surface area contributed by atoms with Crippen molar-refractivity contribution < 1.29 is 23.2 Å². The monoisotopic (exact) mass is 529 g/mol. The summed E-state index contributed by atoms with van der Waals surface area (Å²) in [6.07, 6.45) is 7.99. The van der Waals surface area contributed by atoms with Gasteiger partial charge in [-0.3, -0.25) is 9.36 Å². The first kappa shape index (κ1) is 26.7. The minimum atomic E-state index is -4.19. The van der Waals surface area contributed by atoms with Gasteiger partial charge in [-0.05, 0) is 30.9 Å². The summed E-state index contributed by atoms with van der Waals surface area (Å²) >= 11 is 0. The van der Waals surface area contributed by atoms with E-state index in [-0.39, 0.29) is 24.5 Å². The van der Waals surface area contributed by atoms with Crippen LogP contribution in [0.5, 0.6) is 0 Å². The number of anilines is 2. The number of benzene rings is 1. The minimum absolute atomic E-state index is 0.0132. The summed E-state index contributed by atoms with van der Waals surface area (Å²) in [4.78, 5) is 31.1. The number of nitrogens with two attached hydrogens (primary N) is 2. The van der Waals surface area contributed by atoms with Crippen LogP contribution in [0.2, 0.25) is 0 Å². The minimum Gasteiger partial charge on any atom is -0.382 e. The Hall–Kier alpha value is -3.31. The quantitative estimate of drug-likeness (QED) is 0.212. The molecule has 1 unspecified atom stereocenters. The fourth-order valence-electron chi connectivity index (χ4n) is 4.33. The number of allylic oxidation sites excluding steroid dienone is 1. The van der Waals surface area contributed by atoms with Gasteiger partial charge >= 0.3 is 13.7 Å². The molecule has 2 aromatic heterocycles. The molecular weight excluding hydrogens is 497 g/mol. The summed E-state index contributed by atoms with van der Waals surface area (Å²) in [5.41, 5.74) is 13.5. The molecular formula is C24H32N7O5P. The molecule has 0 amide bonds. The molecule has 1 aliphatic carbocycles. The molecule has 0 saturated heterocycles. The molecule has 4 N–H and O–H groups in total. The van der Waals surface area contributed by atoms with E-state index in [2.05, 4.69) is 15.0 Å². The van der Waals surface area contributed by atoms with E-state index in [1.54, 1.807) is 18.5 Å². The molecule has 198 valence electrons. The molecule has 1 aromatic carbocycles. The van der Waals surface area contributed by atoms with E-state index >= 15 is 0 Å². The molecule has 0 saturated carbocycles. The zero-order chi connectivity index (χ0) is 26.6. The standard InChI is InChI=1S/C24H32N7O5P/c1-16(2)11-20(31(34-3)18-7-5-4-6-8-18)24(32)36-37(26,33)35-13-17-9-10-19(12-17)30-15-29-21-22(25)27-14-28-23(21)30/h4-10,14-17,19-20H,11-13H2,1-3H3,(H2,26,33)(H2,25,27,28)/t17-,19+,20+,37?/m0/s1. The maximum atomic E-state index is 13.1. The second-order valence-corrected chi connectivity index (χ2v) is 10.8. The van der Waals surface area contributed by atoms with Gasteiger partial charge in [0.25, 0.3) is 0 Å². The Kier molecular flexibility index (Phi) is 8.23. The highest BCUT2D eigenvalue weighted by atomic mass is 31.2. The van der Waals surface area contributed by atoms with Gasteiger partial charge in [-0.1, -0.05) is 44.2 Å². The van der Waals surface area contributed by atoms with E-state index in [4.69, 9.17) is 25.1 Å². The summed E-state index contributed by atoms with van der Waals surface area (Å²) < 4.78 is 25.5. The van der Waals surface area contributed by atoms with Gasteiger partial charge in [0, 0.05) is 5.92 Å². The van der Waals surface area contributed by atoms with Crippen LogP contribution < -0.4 is 16.3 Å². The van der Waals surface area contributed by atoms with Crippen LogP contribution in [0.1, 0.15) is 32.7 Å². The topological polar surface area (TPSA) is 161 Å². The molecule has 0 aliphatic heterocycles. The molecule has 0 spiro atoms. The second-order valence-electron chi connectivity index (χ2n) is 9.27. The third-order valence-electron chi connectivity index (χ3n) is 6.04. The van der Waals surface area contributed by atoms with Crippen LogP contribution in [-0.4, -0.2) is 45.2 Å². The molecule has 4 rings (SSSR count). The molecule has 37 heavy (non-hydrogen) atoms. The number of aromatic nitrogens is 4. The number of carbonyl (C=O) groups is 1. The largest absolute Gasteiger partial charge is 0.458 e. The molecule has 12 nitrogen and oxygen atoms in total. The Bertz CT molecular complexity index is 1300. The summed E-state index contributed by atoms with van der Waals surface area (Å²) in [5, 5.41) is 1.43. The van der Waals surface area contributed by atoms with Crippen molar-refractivity contribution in [2.45, 2.75) is 38.8 Å². The summed E-state index contributed by atoms with van der Waals surface area (Å²) in [6, 6.07) is 8.19. The van der Waals surface area contributed by atoms with Crippen molar-refractivity contribution in [1.82, 2.24) is 19.5 Å². The number of rotatable bonds is 11. The van der Waals surface area contributed by atoms with Gasteiger partial charge in [-0.25, -0.2) is 34.9 Å². The van der Waals surface area contributed by atoms with Gasteiger partial charge < -0.3 is 14.8 Å². The Labute approximate surface area is 215 Å². The average Bonchev–Trinajstić information content (AvgIpc) is 3.50. The lowest BCUT2D eigenvalue weighted by atomic mass is 10.0. The Balaban J connectivity index is 1.37. The summed E-state index contributed by atoms with van der Waals surface area (Å²) in [5.74, 6) is -0.459. The maximum Gasteiger partial charge on any atom is 0.458 e. The molecule has 4 atom stereocenters. The van der Waals surface area contributed by atoms with Crippen molar-refractivity contribution in [2.75, 3.05) is 24.5 Å². The van der Waals surface area contributed by atoms with E-state index in [0.29, 0.717) is 35.5 Å². The van der Waals surface area contributed by atoms with Crippen molar-refractivity contribution in [3.63, 3.8) is 0 Å². The zero-order valence-corrected chi connectivity index (χ0v) is 21.9. The van der Waals surface area contributed by atoms with Crippen LogP contribution in [-0.2, 0) is 23.2 Å². The number of carbonyl (C=O) groups excluding carboxylic acids is 1. The molecule has 0 bridgehead atoms. The van der Waals surface area contributed by atoms with Gasteiger partial charge in [0.2, 0.25) is 0 Å². The Morgan fingerprint density at radius 3 is 2.68 bits per heavy atom. The van der Waals surface area contributed by atoms with Crippen LogP contribution >= 0.6 is 7.75 Å². The van der Waals surface area contributed by atoms with Gasteiger partial charge in [-0.15, -0.1) is 0 Å². The van der Waals surface area contributed by atoms with E-state index in [0.717, 1.165) is 0 Å². The third kappa shape index (κ3) is 6.34. The highest BCUT2D eigenvalue weighted by Crippen LogP contribution is 2.42. The molecule has 3 aromatic rings. The second kappa shape index (κ2) is 11.4. The zero-order valence-electron chi connectivity index (χ0n) is 21.0. The smallest absolute Gasteiger partial charge is 0.382 e. The van der Waals surface area contributed by atoms with E-state index < -0.39 is 19.8 Å². The van der Waals surface area contributed by atoms with Crippen LogP contribution in [0.15, 0.2) is 55.1 Å². The Morgan fingerprint density at radius 2 is 1.97 bits per heavy atom. The highest BCUT2D eigenvalue weighted by molar-refractivity contribution is 7.51. The summed E-state index contributed by atoms with van der Waals surface area (Å²) in [7, 11) is -2.73. The lowest BCUT2D eigenvalue weighted by Crippen LogP contribution is -2.42. The predicted octanol–water partition coefficient (Wildman–Crippen LogP) is 3.64. The average molecular weight is 530 g/mol. The van der Waals surface area contributed by atoms with Gasteiger partial charge in [-0.2, -0.15) is 0 Å². The van der Waals surface area contributed by atoms with Crippen molar-refractivity contribution in [3.8, 4) is 0 Å². The van der Waals surface area contributed by atoms with Crippen LogP contribution in [0.25, 0.3) is 11.2 Å². The fraction of sp³-hybridized carbons (Fsp3) is 0.417. The van der Waals surface area contributed by atoms with Crippen LogP contribution in [0, 0.1) is 11.8 Å². The summed E-state index contributed by atoms with van der Waals surface area (Å²) in [6.45, 7) is 3.94. The number of nitrogens with zero attached hydrogens (tertiary/aromatic N) is 5. The number of para-hydroxylation sites is 1. The number of hydrogen-bond acceptors (Lipinski definition) is 10. The van der Waals surface area contributed by atoms with E-state index in [9.17, 15) is 9.36 Å². The predicted molar refractivity (Wildman–Crippen MR) is 139 cm³/mol. The number of hydrogen-bond donors (Lipinski definition) is 2. The first-order valence-electron chi connectivity index (χ1n) is 11.9. The molecule has 1 aliphatic rings. The van der Waals surface area contributed by atoms with Crippen LogP contribution in [0.3, 0.4) is 0 Å². The van der Waals surface area contributed by atoms with E-state index in [1.807, 2.05) is 48.8 Å². The SMILES string of the molecule is CON(c1ccccc1)[C@H](CC(C)C)C(=O)OP(N)(=O)OC[C@H]1C=C[C@@H](n2cnc3c(N)ncnc32)C1. The molecule has 0 radical (unpaired) electrons. The van der Waals surface area contributed by atoms with Crippen molar-refractivity contribution >= 4 is 36.4 Å². The van der Waals surface area contributed by atoms with Gasteiger partial charge in [0.1, 0.15) is 11.8 Å². The molecule has 13 heteroatoms. The highest BCUT2D eigenvalue weighted by Gasteiger charge is 2.35. The Morgan fingerprint density at radius 1 is 1.22 bits per heavy atom. The lowest BCUT2D eigenvalue weighted by molar-refractivity contribution is -0.139. The van der Waals surface area contributed by atoms with Gasteiger partial charge in [0.15, 0.2) is 17.5 Å². The maximum absolute atomic E-state index is 13.1. The fourth-order valence-corrected chi connectivity index (χ4v) is 5.15.